The summed E-state index contributed by atoms with van der Waals surface area (Å²) in [6.45, 7) is 4.22. The van der Waals surface area contributed by atoms with Gasteiger partial charge in [-0.1, -0.05) is 12.1 Å². The van der Waals surface area contributed by atoms with Crippen molar-refractivity contribution in [3.05, 3.63) is 53.7 Å². The highest BCUT2D eigenvalue weighted by atomic mass is 16.5. The van der Waals surface area contributed by atoms with Gasteiger partial charge in [-0.2, -0.15) is 4.68 Å². The molecule has 24 heavy (non-hydrogen) atoms. The van der Waals surface area contributed by atoms with Gasteiger partial charge in [-0.25, -0.2) is 0 Å². The zero-order valence-electron chi connectivity index (χ0n) is 13.7. The maximum atomic E-state index is 5.21. The number of benzene rings is 2. The van der Waals surface area contributed by atoms with Crippen molar-refractivity contribution < 1.29 is 4.74 Å². The van der Waals surface area contributed by atoms with Gasteiger partial charge >= 0.3 is 0 Å². The number of hydrogen-bond acceptors (Lipinski definition) is 4. The molecule has 120 valence electrons. The first-order valence-electron chi connectivity index (χ1n) is 7.69. The third-order valence-electron chi connectivity index (χ3n) is 4.41. The lowest BCUT2D eigenvalue weighted by Gasteiger charge is -2.06. The molecule has 4 aromatic rings. The minimum absolute atomic E-state index is 0.703. The van der Waals surface area contributed by atoms with Crippen LogP contribution < -0.4 is 4.74 Å². The highest BCUT2D eigenvalue weighted by molar-refractivity contribution is 5.96. The van der Waals surface area contributed by atoms with Crippen LogP contribution in [0.4, 0.5) is 0 Å². The zero-order chi connectivity index (χ0) is 16.7. The van der Waals surface area contributed by atoms with Crippen molar-refractivity contribution >= 4 is 10.9 Å². The predicted molar refractivity (Wildman–Crippen MR) is 92.5 cm³/mol. The van der Waals surface area contributed by atoms with Crippen LogP contribution in [-0.2, 0) is 0 Å². The second-order valence-corrected chi connectivity index (χ2v) is 5.74. The fraction of sp³-hybridized carbons (Fsp3) is 0.167. The van der Waals surface area contributed by atoms with Crippen LogP contribution in [-0.4, -0.2) is 32.3 Å². The molecule has 1 N–H and O–H groups in total. The number of ether oxygens (including phenoxy) is 1. The second kappa shape index (κ2) is 5.49. The van der Waals surface area contributed by atoms with Crippen LogP contribution >= 0.6 is 0 Å². The normalized spacial score (nSPS) is 11.1. The van der Waals surface area contributed by atoms with Crippen LogP contribution in [0.3, 0.4) is 0 Å². The van der Waals surface area contributed by atoms with Crippen LogP contribution in [0.25, 0.3) is 28.0 Å². The molecule has 2 aromatic carbocycles. The van der Waals surface area contributed by atoms with Gasteiger partial charge in [0, 0.05) is 22.7 Å². The van der Waals surface area contributed by atoms with Crippen molar-refractivity contribution in [1.82, 2.24) is 25.2 Å². The van der Waals surface area contributed by atoms with Crippen LogP contribution in [0.2, 0.25) is 0 Å². The Morgan fingerprint density at radius 1 is 1.04 bits per heavy atom. The van der Waals surface area contributed by atoms with E-state index in [1.807, 2.05) is 30.5 Å². The SMILES string of the molecule is COc1ccc(-n2nnnc2-c2c[nH]c3c(C)c(C)ccc23)cc1. The average molecular weight is 319 g/mol. The molecule has 0 bridgehead atoms. The smallest absolute Gasteiger partial charge is 0.189 e. The van der Waals surface area contributed by atoms with E-state index < -0.39 is 0 Å². The molecule has 0 aliphatic rings. The van der Waals surface area contributed by atoms with Gasteiger partial charge < -0.3 is 9.72 Å². The summed E-state index contributed by atoms with van der Waals surface area (Å²) < 4.78 is 6.94. The second-order valence-electron chi connectivity index (χ2n) is 5.74. The number of nitrogens with one attached hydrogen (secondary N) is 1. The van der Waals surface area contributed by atoms with Gasteiger partial charge in [0.05, 0.1) is 12.8 Å². The molecule has 0 saturated heterocycles. The topological polar surface area (TPSA) is 68.6 Å². The fourth-order valence-electron chi connectivity index (χ4n) is 2.89. The number of aromatic amines is 1. The summed E-state index contributed by atoms with van der Waals surface area (Å²) in [6, 6.07) is 11.9. The monoisotopic (exact) mass is 319 g/mol. The summed E-state index contributed by atoms with van der Waals surface area (Å²) in [5.41, 5.74) is 5.48. The van der Waals surface area contributed by atoms with Crippen molar-refractivity contribution in [3.8, 4) is 22.8 Å². The number of aryl methyl sites for hydroxylation is 2. The first-order valence-corrected chi connectivity index (χ1v) is 7.69. The number of fused-ring (bicyclic) bond motifs is 1. The first-order chi connectivity index (χ1) is 11.7. The molecule has 0 atom stereocenters. The minimum Gasteiger partial charge on any atom is -0.497 e. The number of nitrogens with zero attached hydrogens (tertiary/aromatic N) is 4. The third kappa shape index (κ3) is 2.15. The van der Waals surface area contributed by atoms with Gasteiger partial charge in [0.15, 0.2) is 5.82 Å². The minimum atomic E-state index is 0.703. The summed E-state index contributed by atoms with van der Waals surface area (Å²) in [5.74, 6) is 1.50. The van der Waals surface area contributed by atoms with Crippen LogP contribution in [0.1, 0.15) is 11.1 Å². The van der Waals surface area contributed by atoms with Crippen molar-refractivity contribution in [2.24, 2.45) is 0 Å². The fourth-order valence-corrected chi connectivity index (χ4v) is 2.89. The van der Waals surface area contributed by atoms with E-state index in [2.05, 4.69) is 46.5 Å². The number of tetrazole rings is 1. The Bertz CT molecular complexity index is 1010. The van der Waals surface area contributed by atoms with E-state index >= 15 is 0 Å². The molecule has 0 saturated carbocycles. The molecule has 6 heteroatoms. The first kappa shape index (κ1) is 14.4. The lowest BCUT2D eigenvalue weighted by Crippen LogP contribution is -1.99. The lowest BCUT2D eigenvalue weighted by molar-refractivity contribution is 0.414. The van der Waals surface area contributed by atoms with Crippen LogP contribution in [0.15, 0.2) is 42.6 Å². The Hall–Kier alpha value is -3.15. The van der Waals surface area contributed by atoms with Gasteiger partial charge in [0.1, 0.15) is 5.75 Å². The van der Waals surface area contributed by atoms with E-state index in [-0.39, 0.29) is 0 Å². The number of methoxy groups -OCH3 is 1. The summed E-state index contributed by atoms with van der Waals surface area (Å²) in [4.78, 5) is 3.35. The summed E-state index contributed by atoms with van der Waals surface area (Å²) in [7, 11) is 1.65. The van der Waals surface area contributed by atoms with Gasteiger partial charge in [0.25, 0.3) is 0 Å². The number of aromatic nitrogens is 5. The van der Waals surface area contributed by atoms with E-state index in [0.717, 1.165) is 27.9 Å². The van der Waals surface area contributed by atoms with Crippen molar-refractivity contribution in [2.75, 3.05) is 7.11 Å². The summed E-state index contributed by atoms with van der Waals surface area (Å²) in [6.07, 6.45) is 1.96. The molecule has 0 amide bonds. The van der Waals surface area contributed by atoms with E-state index in [1.165, 1.54) is 11.1 Å². The molecule has 4 rings (SSSR count). The summed E-state index contributed by atoms with van der Waals surface area (Å²) >= 11 is 0. The Kier molecular flexibility index (Phi) is 3.30. The molecular weight excluding hydrogens is 302 g/mol. The Balaban J connectivity index is 1.87. The standard InChI is InChI=1S/C18H17N5O/c1-11-4-9-15-16(10-19-17(15)12(11)2)18-20-21-22-23(18)13-5-7-14(24-3)8-6-13/h4-10,19H,1-3H3. The molecule has 0 aliphatic heterocycles. The quantitative estimate of drug-likeness (QED) is 0.628. The number of H-pyrrole nitrogens is 1. The van der Waals surface area contributed by atoms with Gasteiger partial charge in [-0.3, -0.25) is 0 Å². The average Bonchev–Trinajstić information content (AvgIpc) is 3.25. The number of hydrogen-bond donors (Lipinski definition) is 1. The molecular formula is C18H17N5O. The van der Waals surface area contributed by atoms with Gasteiger partial charge in [-0.05, 0) is 59.7 Å². The van der Waals surface area contributed by atoms with Crippen molar-refractivity contribution in [2.45, 2.75) is 13.8 Å². The largest absolute Gasteiger partial charge is 0.497 e. The van der Waals surface area contributed by atoms with E-state index in [9.17, 15) is 0 Å². The lowest BCUT2D eigenvalue weighted by atomic mass is 10.0. The zero-order valence-corrected chi connectivity index (χ0v) is 13.7. The number of rotatable bonds is 3. The molecule has 0 unspecified atom stereocenters. The van der Waals surface area contributed by atoms with E-state index in [4.69, 9.17) is 4.74 Å². The highest BCUT2D eigenvalue weighted by Gasteiger charge is 2.16. The molecule has 0 aliphatic carbocycles. The summed E-state index contributed by atoms with van der Waals surface area (Å²) in [5, 5.41) is 13.4. The Labute approximate surface area is 139 Å². The molecule has 6 nitrogen and oxygen atoms in total. The Morgan fingerprint density at radius 2 is 1.83 bits per heavy atom. The van der Waals surface area contributed by atoms with E-state index in [1.54, 1.807) is 11.8 Å². The van der Waals surface area contributed by atoms with Crippen molar-refractivity contribution in [3.63, 3.8) is 0 Å². The van der Waals surface area contributed by atoms with Crippen LogP contribution in [0, 0.1) is 13.8 Å². The molecule has 2 aromatic heterocycles. The maximum absolute atomic E-state index is 5.21. The van der Waals surface area contributed by atoms with E-state index in [0.29, 0.717) is 5.82 Å². The predicted octanol–water partition coefficient (Wildman–Crippen LogP) is 3.44. The van der Waals surface area contributed by atoms with Crippen LogP contribution in [0.5, 0.6) is 5.75 Å². The molecule has 0 spiro atoms. The molecule has 0 radical (unpaired) electrons. The molecule has 0 fully saturated rings. The highest BCUT2D eigenvalue weighted by Crippen LogP contribution is 2.31. The Morgan fingerprint density at radius 3 is 2.58 bits per heavy atom. The third-order valence-corrected chi connectivity index (χ3v) is 4.41. The van der Waals surface area contributed by atoms with Gasteiger partial charge in [0.2, 0.25) is 0 Å². The van der Waals surface area contributed by atoms with Crippen molar-refractivity contribution in [1.29, 1.82) is 0 Å². The maximum Gasteiger partial charge on any atom is 0.189 e. The molecule has 2 heterocycles. The van der Waals surface area contributed by atoms with Gasteiger partial charge in [-0.15, -0.1) is 5.10 Å².